The van der Waals surface area contributed by atoms with Gasteiger partial charge in [-0.1, -0.05) is 0 Å². The number of nitrogens with zero attached hydrogens (tertiary/aromatic N) is 4. The first-order chi connectivity index (χ1) is 15.8. The summed E-state index contributed by atoms with van der Waals surface area (Å²) in [5, 5.41) is 0. The van der Waals surface area contributed by atoms with Crippen LogP contribution in [0.25, 0.3) is 11.1 Å². The second-order valence-corrected chi connectivity index (χ2v) is 9.60. The van der Waals surface area contributed by atoms with Crippen LogP contribution in [-0.4, -0.2) is 98.2 Å². The number of hydrogen-bond donors (Lipinski definition) is 0. The van der Waals surface area contributed by atoms with Crippen LogP contribution in [-0.2, 0) is 30.8 Å². The summed E-state index contributed by atoms with van der Waals surface area (Å²) in [5.74, 6) is -0.969. The zero-order valence-electron chi connectivity index (χ0n) is 18.3. The predicted molar refractivity (Wildman–Crippen MR) is 115 cm³/mol. The second kappa shape index (κ2) is 9.53. The number of morpholine rings is 1. The number of ether oxygens (including phenoxy) is 2. The van der Waals surface area contributed by atoms with Gasteiger partial charge in [0, 0.05) is 45.3 Å². The Kier molecular flexibility index (Phi) is 6.72. The molecule has 2 aliphatic rings. The molecule has 2 fully saturated rings. The highest BCUT2D eigenvalue weighted by Crippen LogP contribution is 2.23. The summed E-state index contributed by atoms with van der Waals surface area (Å²) in [5.41, 5.74) is 0.425. The molecule has 0 unspecified atom stereocenters. The minimum absolute atomic E-state index is 0.0278. The molecule has 33 heavy (non-hydrogen) atoms. The van der Waals surface area contributed by atoms with Crippen molar-refractivity contribution < 1.29 is 31.9 Å². The van der Waals surface area contributed by atoms with Crippen molar-refractivity contribution >= 4 is 33.1 Å². The van der Waals surface area contributed by atoms with E-state index in [0.717, 1.165) is 0 Å². The number of carbonyl (C=O) groups is 2. The van der Waals surface area contributed by atoms with Crippen molar-refractivity contribution in [3.8, 4) is 0 Å². The van der Waals surface area contributed by atoms with E-state index in [1.54, 1.807) is 11.8 Å². The molecule has 4 rings (SSSR count). The minimum atomic E-state index is -3.86. The molecule has 13 heteroatoms. The van der Waals surface area contributed by atoms with Crippen molar-refractivity contribution in [1.82, 2.24) is 18.7 Å². The molecular weight excluding hydrogens is 456 g/mol. The maximum Gasteiger partial charge on any atom is 0.420 e. The van der Waals surface area contributed by atoms with Gasteiger partial charge in [-0.2, -0.15) is 4.31 Å². The molecule has 0 radical (unpaired) electrons. The van der Waals surface area contributed by atoms with E-state index in [-0.39, 0.29) is 55.7 Å². The molecule has 3 heterocycles. The Morgan fingerprint density at radius 1 is 1.03 bits per heavy atom. The van der Waals surface area contributed by atoms with Gasteiger partial charge in [0.05, 0.1) is 30.2 Å². The molecule has 0 spiro atoms. The van der Waals surface area contributed by atoms with Crippen LogP contribution in [0.15, 0.2) is 32.3 Å². The smallest absolute Gasteiger partial charge is 0.420 e. The number of piperazine rings is 1. The van der Waals surface area contributed by atoms with Crippen LogP contribution in [0.5, 0.6) is 0 Å². The average Bonchev–Trinajstić information content (AvgIpc) is 3.14. The Balaban J connectivity index is 1.51. The molecule has 1 aromatic carbocycles. The highest BCUT2D eigenvalue weighted by molar-refractivity contribution is 7.89. The molecule has 0 N–H and O–H groups in total. The summed E-state index contributed by atoms with van der Waals surface area (Å²) >= 11 is 0. The van der Waals surface area contributed by atoms with Gasteiger partial charge in [0.15, 0.2) is 5.58 Å². The van der Waals surface area contributed by atoms with E-state index in [4.69, 9.17) is 13.9 Å². The van der Waals surface area contributed by atoms with E-state index in [2.05, 4.69) is 0 Å². The summed E-state index contributed by atoms with van der Waals surface area (Å²) in [6, 6.07) is 4.15. The number of carbonyl (C=O) groups excluding carboxylic acids is 2. The van der Waals surface area contributed by atoms with E-state index in [0.29, 0.717) is 31.8 Å². The lowest BCUT2D eigenvalue weighted by atomic mass is 10.3. The number of benzene rings is 1. The normalized spacial score (nSPS) is 18.0. The molecule has 2 aliphatic heterocycles. The number of rotatable bonds is 5. The Labute approximate surface area is 190 Å². The van der Waals surface area contributed by atoms with E-state index >= 15 is 0 Å². The summed E-state index contributed by atoms with van der Waals surface area (Å²) < 4.78 is 44.1. The number of oxazole rings is 1. The fourth-order valence-corrected chi connectivity index (χ4v) is 5.32. The first kappa shape index (κ1) is 23.3. The SMILES string of the molecule is CCOC(=O)N1CCN(S(=O)(=O)c2ccc3c(c2)oc(=O)n3CC(=O)N2CCOCC2)CC1. The Hall–Kier alpha value is -2.90. The van der Waals surface area contributed by atoms with Crippen LogP contribution in [0.3, 0.4) is 0 Å². The molecule has 0 saturated carbocycles. The van der Waals surface area contributed by atoms with Gasteiger partial charge in [0.1, 0.15) is 6.54 Å². The fourth-order valence-electron chi connectivity index (χ4n) is 3.88. The molecule has 180 valence electrons. The Morgan fingerprint density at radius 2 is 1.73 bits per heavy atom. The predicted octanol–water partition coefficient (Wildman–Crippen LogP) is -0.0839. The molecule has 2 saturated heterocycles. The third-order valence-electron chi connectivity index (χ3n) is 5.70. The van der Waals surface area contributed by atoms with Gasteiger partial charge < -0.3 is 23.7 Å². The molecular formula is C20H26N4O8S. The topological polar surface area (TPSA) is 132 Å². The molecule has 2 aromatic rings. The zero-order chi connectivity index (χ0) is 23.6. The monoisotopic (exact) mass is 482 g/mol. The number of hydrogen-bond acceptors (Lipinski definition) is 8. The fraction of sp³-hybridized carbons (Fsp3) is 0.550. The van der Waals surface area contributed by atoms with Crippen molar-refractivity contribution in [2.24, 2.45) is 0 Å². The standard InChI is InChI=1S/C20H26N4O8S/c1-2-31-19(26)22-5-7-23(8-6-22)33(28,29)15-3-4-16-17(13-15)32-20(27)24(16)14-18(25)21-9-11-30-12-10-21/h3-4,13H,2,5-12,14H2,1H3. The van der Waals surface area contributed by atoms with E-state index < -0.39 is 21.9 Å². The van der Waals surface area contributed by atoms with Crippen molar-refractivity contribution in [1.29, 1.82) is 0 Å². The lowest BCUT2D eigenvalue weighted by Crippen LogP contribution is -2.50. The van der Waals surface area contributed by atoms with E-state index in [1.807, 2.05) is 0 Å². The Bertz CT molecular complexity index is 1190. The summed E-state index contributed by atoms with van der Waals surface area (Å²) in [7, 11) is -3.86. The number of amides is 2. The first-order valence-corrected chi connectivity index (χ1v) is 12.2. The van der Waals surface area contributed by atoms with E-state index in [9.17, 15) is 22.8 Å². The lowest BCUT2D eigenvalue weighted by molar-refractivity contribution is -0.135. The first-order valence-electron chi connectivity index (χ1n) is 10.7. The number of fused-ring (bicyclic) bond motifs is 1. The molecule has 0 atom stereocenters. The maximum atomic E-state index is 13.1. The van der Waals surface area contributed by atoms with Crippen molar-refractivity contribution in [2.45, 2.75) is 18.4 Å². The van der Waals surface area contributed by atoms with Gasteiger partial charge in [-0.05, 0) is 19.1 Å². The largest absolute Gasteiger partial charge is 0.450 e. The maximum absolute atomic E-state index is 13.1. The molecule has 0 bridgehead atoms. The summed E-state index contributed by atoms with van der Waals surface area (Å²) in [6.07, 6.45) is -0.467. The quantitative estimate of drug-likeness (QED) is 0.578. The zero-order valence-corrected chi connectivity index (χ0v) is 19.1. The van der Waals surface area contributed by atoms with Gasteiger partial charge in [-0.15, -0.1) is 0 Å². The van der Waals surface area contributed by atoms with Gasteiger partial charge in [-0.3, -0.25) is 9.36 Å². The second-order valence-electron chi connectivity index (χ2n) is 7.67. The molecule has 2 amide bonds. The molecule has 1 aromatic heterocycles. The highest BCUT2D eigenvalue weighted by Gasteiger charge is 2.31. The van der Waals surface area contributed by atoms with Crippen LogP contribution < -0.4 is 5.76 Å². The highest BCUT2D eigenvalue weighted by atomic mass is 32.2. The number of sulfonamides is 1. The van der Waals surface area contributed by atoms with Crippen LogP contribution in [0, 0.1) is 0 Å². The Morgan fingerprint density at radius 3 is 2.39 bits per heavy atom. The van der Waals surface area contributed by atoms with Gasteiger partial charge >= 0.3 is 11.8 Å². The van der Waals surface area contributed by atoms with E-state index in [1.165, 1.54) is 32.0 Å². The van der Waals surface area contributed by atoms with Crippen LogP contribution in [0.2, 0.25) is 0 Å². The van der Waals surface area contributed by atoms with Crippen LogP contribution in [0.1, 0.15) is 6.92 Å². The lowest BCUT2D eigenvalue weighted by Gasteiger charge is -2.33. The van der Waals surface area contributed by atoms with Gasteiger partial charge in [0.25, 0.3) is 0 Å². The van der Waals surface area contributed by atoms with Crippen molar-refractivity contribution in [2.75, 3.05) is 59.1 Å². The summed E-state index contributed by atoms with van der Waals surface area (Å²) in [4.78, 5) is 39.8. The van der Waals surface area contributed by atoms with Crippen LogP contribution in [0.4, 0.5) is 4.79 Å². The van der Waals surface area contributed by atoms with Crippen molar-refractivity contribution in [3.05, 3.63) is 28.7 Å². The molecule has 12 nitrogen and oxygen atoms in total. The number of aromatic nitrogens is 1. The molecule has 0 aliphatic carbocycles. The third-order valence-corrected chi connectivity index (χ3v) is 7.59. The minimum Gasteiger partial charge on any atom is -0.450 e. The van der Waals surface area contributed by atoms with Crippen molar-refractivity contribution in [3.63, 3.8) is 0 Å². The average molecular weight is 483 g/mol. The third kappa shape index (κ3) is 4.75. The summed E-state index contributed by atoms with van der Waals surface area (Å²) in [6.45, 7) is 4.24. The van der Waals surface area contributed by atoms with Gasteiger partial charge in [0.2, 0.25) is 15.9 Å². The van der Waals surface area contributed by atoms with Gasteiger partial charge in [-0.25, -0.2) is 18.0 Å². The van der Waals surface area contributed by atoms with Crippen LogP contribution >= 0.6 is 0 Å².